The number of hydrogen-bond donors (Lipinski definition) is 0. The number of fused-ring (bicyclic) bond motifs is 6. The lowest BCUT2D eigenvalue weighted by Crippen LogP contribution is -2.25. The van der Waals surface area contributed by atoms with E-state index in [0.29, 0.717) is 16.9 Å². The smallest absolute Gasteiger partial charge is 0.137 e. The summed E-state index contributed by atoms with van der Waals surface area (Å²) in [7, 11) is 0. The normalized spacial score (nSPS) is 14.4. The summed E-state index contributed by atoms with van der Waals surface area (Å²) in [5, 5.41) is 0. The van der Waals surface area contributed by atoms with Gasteiger partial charge >= 0.3 is 0 Å². The second-order valence-corrected chi connectivity index (χ2v) is 23.6. The average molecular weight is 1110 g/mol. The molecule has 2 aliphatic rings. The van der Waals surface area contributed by atoms with E-state index in [9.17, 15) is 5.48 Å². The van der Waals surface area contributed by atoms with Crippen molar-refractivity contribution < 1.29 is 13.7 Å². The molecule has 2 aliphatic heterocycles. The predicted octanol–water partition coefficient (Wildman–Crippen LogP) is 21.6. The van der Waals surface area contributed by atoms with Crippen molar-refractivity contribution in [3.05, 3.63) is 290 Å². The number of para-hydroxylation sites is 3. The Kier molecular flexibility index (Phi) is 10.7. The summed E-state index contributed by atoms with van der Waals surface area (Å²) >= 11 is 0. The predicted molar refractivity (Wildman–Crippen MR) is 357 cm³/mol. The molecule has 0 bridgehead atoms. The first-order valence-corrected chi connectivity index (χ1v) is 28.6. The largest absolute Gasteiger partial charge is 0.321 e. The molecule has 0 fully saturated rings. The highest BCUT2D eigenvalue weighted by atomic mass is 15.4. The molecule has 0 saturated heterocycles. The Morgan fingerprint density at radius 2 is 1.01 bits per heavy atom. The van der Waals surface area contributed by atoms with E-state index in [2.05, 4.69) is 162 Å². The SMILES string of the molecule is [2H]c1c([2H])c([2H])c(-c2cc(C(C)(C)C)cc(-c3c([2H])c([2H])c([2H])c([2H])c3[2H])c2N2CN(c3cc(-c4ccccc4)cc(N(c4ccccc4)c4ccc5c(c4)N(c4cc(C(C)(C)C)ccn4)c4ccc(-c6cccnc6)cc4-c4ccccc4-5)c3)c3ccccc32)c([2H])c1[2H]. The van der Waals surface area contributed by atoms with E-state index in [4.69, 9.17) is 13.2 Å². The van der Waals surface area contributed by atoms with Crippen LogP contribution in [0.3, 0.4) is 0 Å². The third kappa shape index (κ3) is 9.89. The zero-order valence-corrected chi connectivity index (χ0v) is 48.2. The van der Waals surface area contributed by atoms with Gasteiger partial charge in [-0.2, -0.15) is 0 Å². The lowest BCUT2D eigenvalue weighted by molar-refractivity contribution is 0.589. The number of rotatable bonds is 10. The highest BCUT2D eigenvalue weighted by molar-refractivity contribution is 6.05. The van der Waals surface area contributed by atoms with Gasteiger partial charge in [-0.3, -0.25) is 9.88 Å². The molecule has 14 rings (SSSR count). The van der Waals surface area contributed by atoms with Crippen LogP contribution in [0.1, 0.15) is 66.4 Å². The van der Waals surface area contributed by atoms with Crippen molar-refractivity contribution in [2.75, 3.05) is 26.3 Å². The standard InChI is InChI=1S/C79H66N6/c1-78(2,3)60-41-43-81-76(49-60)85-72-40-37-57(58-30-23-42-80-52-58)46-71(72)67-34-20-19-33-66(67)68-39-38-63(51-75(68)85)84(62-31-17-10-18-32-62)65-45-59(54-24-11-7-12-25-54)44-64(50-65)82-53-83(74-36-22-21-35-73(74)82)77-69(55-26-13-8-14-27-55)47-61(79(4,5)6)48-70(77)56-28-15-9-16-29-56/h7-52H,53H2,1-6H3/i8D,9D,13D,14D,15D,16D,26D,27D,28D,29D. The summed E-state index contributed by atoms with van der Waals surface area (Å²) in [6, 6.07) is 63.6. The minimum Gasteiger partial charge on any atom is -0.321 e. The van der Waals surface area contributed by atoms with Gasteiger partial charge in [-0.05, 0) is 158 Å². The van der Waals surface area contributed by atoms with Crippen LogP contribution in [-0.4, -0.2) is 16.6 Å². The van der Waals surface area contributed by atoms with Gasteiger partial charge in [-0.1, -0.05) is 205 Å². The first kappa shape index (κ1) is 42.5. The first-order chi connectivity index (χ1) is 45.6. The molecule has 0 radical (unpaired) electrons. The van der Waals surface area contributed by atoms with Crippen molar-refractivity contribution >= 4 is 57.0 Å². The van der Waals surface area contributed by atoms with Crippen molar-refractivity contribution in [2.24, 2.45) is 0 Å². The number of benzene rings is 10. The van der Waals surface area contributed by atoms with Crippen LogP contribution >= 0.6 is 0 Å². The number of hydrogen-bond acceptors (Lipinski definition) is 6. The first-order valence-electron chi connectivity index (χ1n) is 33.6. The molecule has 6 heteroatoms. The molecule has 85 heavy (non-hydrogen) atoms. The van der Waals surface area contributed by atoms with Gasteiger partial charge < -0.3 is 14.7 Å². The Hall–Kier alpha value is -10.3. The van der Waals surface area contributed by atoms with Crippen molar-refractivity contribution in [2.45, 2.75) is 52.4 Å². The van der Waals surface area contributed by atoms with E-state index in [-0.39, 0.29) is 34.3 Å². The molecular formula is C79H66N6. The Morgan fingerprint density at radius 1 is 0.388 bits per heavy atom. The summed E-state index contributed by atoms with van der Waals surface area (Å²) in [5.41, 5.74) is 16.2. The maximum atomic E-state index is 9.53. The van der Waals surface area contributed by atoms with E-state index in [0.717, 1.165) is 95.7 Å². The molecule has 0 saturated carbocycles. The summed E-state index contributed by atoms with van der Waals surface area (Å²) in [6.45, 7) is 12.6. The summed E-state index contributed by atoms with van der Waals surface area (Å²) in [4.78, 5) is 18.4. The molecule has 0 spiro atoms. The zero-order valence-electron chi connectivity index (χ0n) is 58.2. The van der Waals surface area contributed by atoms with Crippen LogP contribution < -0.4 is 19.6 Å². The third-order valence-corrected chi connectivity index (χ3v) is 16.2. The topological polar surface area (TPSA) is 38.7 Å². The van der Waals surface area contributed by atoms with E-state index in [1.165, 1.54) is 0 Å². The minimum atomic E-state index is -0.653. The monoisotopic (exact) mass is 1110 g/mol. The number of nitrogens with zero attached hydrogens (tertiary/aromatic N) is 6. The van der Waals surface area contributed by atoms with Crippen LogP contribution in [0.25, 0.3) is 66.8 Å². The second-order valence-electron chi connectivity index (χ2n) is 23.6. The molecule has 0 atom stereocenters. The van der Waals surface area contributed by atoms with E-state index < -0.39 is 65.8 Å². The molecule has 0 N–H and O–H groups in total. The molecule has 0 unspecified atom stereocenters. The molecule has 2 aromatic heterocycles. The summed E-state index contributed by atoms with van der Waals surface area (Å²) < 4.78 is 91.5. The van der Waals surface area contributed by atoms with Gasteiger partial charge in [0.15, 0.2) is 0 Å². The fraction of sp³-hybridized carbons (Fsp3) is 0.114. The molecular weight excluding hydrogens is 1030 g/mol. The van der Waals surface area contributed by atoms with Gasteiger partial charge in [-0.25, -0.2) is 4.98 Å². The van der Waals surface area contributed by atoms with Gasteiger partial charge in [-0.15, -0.1) is 0 Å². The zero-order chi connectivity index (χ0) is 66.5. The van der Waals surface area contributed by atoms with Gasteiger partial charge in [0.25, 0.3) is 0 Å². The lowest BCUT2D eigenvalue weighted by atomic mass is 9.82. The van der Waals surface area contributed by atoms with Crippen molar-refractivity contribution in [3.63, 3.8) is 0 Å². The van der Waals surface area contributed by atoms with Gasteiger partial charge in [0.1, 0.15) is 12.5 Å². The van der Waals surface area contributed by atoms with Crippen LogP contribution in [-0.2, 0) is 10.8 Å². The van der Waals surface area contributed by atoms with E-state index >= 15 is 0 Å². The molecule has 412 valence electrons. The van der Waals surface area contributed by atoms with E-state index in [1.54, 1.807) is 6.20 Å². The van der Waals surface area contributed by atoms with Crippen LogP contribution in [0.15, 0.2) is 279 Å². The Labute approximate surface area is 514 Å². The average Bonchev–Trinajstić information content (AvgIpc) is 1.72. The number of pyridine rings is 2. The van der Waals surface area contributed by atoms with Gasteiger partial charge in [0, 0.05) is 69.2 Å². The van der Waals surface area contributed by atoms with Crippen molar-refractivity contribution in [3.8, 4) is 66.8 Å². The van der Waals surface area contributed by atoms with E-state index in [1.807, 2.05) is 117 Å². The third-order valence-electron chi connectivity index (χ3n) is 16.2. The molecule has 0 amide bonds. The maximum Gasteiger partial charge on any atom is 0.137 e. The summed E-state index contributed by atoms with van der Waals surface area (Å²) in [5.74, 6) is 0.758. The second kappa shape index (κ2) is 21.5. The van der Waals surface area contributed by atoms with Crippen LogP contribution in [0, 0.1) is 0 Å². The number of anilines is 10. The molecule has 10 aromatic carbocycles. The van der Waals surface area contributed by atoms with Crippen LogP contribution in [0.4, 0.5) is 57.0 Å². The Morgan fingerprint density at radius 3 is 1.67 bits per heavy atom. The van der Waals surface area contributed by atoms with Gasteiger partial charge in [0.2, 0.25) is 0 Å². The Balaban J connectivity index is 1.01. The molecule has 4 heterocycles. The molecule has 0 aliphatic carbocycles. The minimum absolute atomic E-state index is 0.0598. The lowest BCUT2D eigenvalue weighted by Gasteiger charge is -2.32. The fourth-order valence-electron chi connectivity index (χ4n) is 11.9. The Bertz CT molecular complexity index is 4900. The maximum absolute atomic E-state index is 9.53. The highest BCUT2D eigenvalue weighted by Crippen LogP contribution is 2.55. The van der Waals surface area contributed by atoms with Crippen molar-refractivity contribution in [1.29, 1.82) is 0 Å². The van der Waals surface area contributed by atoms with Crippen molar-refractivity contribution in [1.82, 2.24) is 9.97 Å². The van der Waals surface area contributed by atoms with Crippen LogP contribution in [0.5, 0.6) is 0 Å². The molecule has 12 aromatic rings. The summed E-state index contributed by atoms with van der Waals surface area (Å²) in [6.07, 6.45) is 5.59. The van der Waals surface area contributed by atoms with Gasteiger partial charge in [0.05, 0.1) is 42.1 Å². The number of aromatic nitrogens is 2. The fourth-order valence-corrected chi connectivity index (χ4v) is 11.9. The van der Waals surface area contributed by atoms with Crippen LogP contribution in [0.2, 0.25) is 0 Å². The highest BCUT2D eigenvalue weighted by Gasteiger charge is 2.35. The quantitative estimate of drug-likeness (QED) is 0.136. The molecule has 6 nitrogen and oxygen atoms in total.